The van der Waals surface area contributed by atoms with E-state index in [-0.39, 0.29) is 31.0 Å². The third-order valence-corrected chi connectivity index (χ3v) is 3.61. The van der Waals surface area contributed by atoms with Crippen molar-refractivity contribution in [2.45, 2.75) is 25.1 Å². The molecule has 2 unspecified atom stereocenters. The van der Waals surface area contributed by atoms with Crippen molar-refractivity contribution in [1.29, 1.82) is 0 Å². The molecular formula is C13H13F2N5O2. The Hall–Kier alpha value is -2.42. The molecule has 9 heteroatoms. The Balaban J connectivity index is 1.85. The Bertz CT molecular complexity index is 679. The Kier molecular flexibility index (Phi) is 3.80. The van der Waals surface area contributed by atoms with Crippen molar-refractivity contribution < 1.29 is 18.7 Å². The van der Waals surface area contributed by atoms with Crippen LogP contribution in [0.4, 0.5) is 8.78 Å². The summed E-state index contributed by atoms with van der Waals surface area (Å²) in [7, 11) is 0. The van der Waals surface area contributed by atoms with Crippen LogP contribution in [0.2, 0.25) is 0 Å². The van der Waals surface area contributed by atoms with E-state index in [1.165, 1.54) is 15.9 Å². The van der Waals surface area contributed by atoms with Gasteiger partial charge in [0.2, 0.25) is 5.91 Å². The van der Waals surface area contributed by atoms with E-state index in [0.717, 1.165) is 18.2 Å². The fraction of sp³-hybridized carbons (Fsp3) is 0.385. The van der Waals surface area contributed by atoms with E-state index in [2.05, 4.69) is 15.5 Å². The molecule has 1 aromatic heterocycles. The molecule has 0 spiro atoms. The zero-order valence-corrected chi connectivity index (χ0v) is 11.4. The molecule has 1 N–H and O–H groups in total. The molecule has 0 saturated carbocycles. The van der Waals surface area contributed by atoms with Crippen LogP contribution in [0.25, 0.3) is 0 Å². The maximum atomic E-state index is 13.9. The minimum atomic E-state index is -0.787. The van der Waals surface area contributed by atoms with Gasteiger partial charge in [-0.2, -0.15) is 0 Å². The van der Waals surface area contributed by atoms with E-state index in [1.807, 2.05) is 0 Å². The number of rotatable bonds is 3. The number of benzene rings is 1. The number of nitrogens with zero attached hydrogens (tertiary/aromatic N) is 5. The molecule has 1 aromatic carbocycles. The van der Waals surface area contributed by atoms with E-state index >= 15 is 0 Å². The van der Waals surface area contributed by atoms with Crippen LogP contribution in [0.5, 0.6) is 0 Å². The average Bonchev–Trinajstić information content (AvgIpc) is 3.11. The molecule has 1 saturated heterocycles. The zero-order valence-electron chi connectivity index (χ0n) is 11.4. The topological polar surface area (TPSA) is 84.1 Å². The fourth-order valence-electron chi connectivity index (χ4n) is 2.64. The number of likely N-dealkylation sites (tertiary alicyclic amines) is 1. The van der Waals surface area contributed by atoms with Gasteiger partial charge in [0.1, 0.15) is 24.5 Å². The minimum absolute atomic E-state index is 0.0571. The summed E-state index contributed by atoms with van der Waals surface area (Å²) in [6.07, 6.45) is 0.648. The SMILES string of the molecule is O=C(Cn1cnnn1)N1CC(O)CC1c1cc(F)ccc1F. The largest absolute Gasteiger partial charge is 0.391 e. The van der Waals surface area contributed by atoms with Gasteiger partial charge in [-0.25, -0.2) is 13.5 Å². The van der Waals surface area contributed by atoms with Gasteiger partial charge in [-0.3, -0.25) is 4.79 Å². The number of hydrogen-bond donors (Lipinski definition) is 1. The molecule has 2 aromatic rings. The van der Waals surface area contributed by atoms with Crippen LogP contribution in [0.15, 0.2) is 24.5 Å². The predicted molar refractivity (Wildman–Crippen MR) is 69.3 cm³/mol. The highest BCUT2D eigenvalue weighted by molar-refractivity contribution is 5.77. The average molecular weight is 309 g/mol. The molecule has 2 atom stereocenters. The van der Waals surface area contributed by atoms with Crippen LogP contribution in [0.3, 0.4) is 0 Å². The Morgan fingerprint density at radius 2 is 2.23 bits per heavy atom. The number of tetrazole rings is 1. The third kappa shape index (κ3) is 2.80. The zero-order chi connectivity index (χ0) is 15.7. The van der Waals surface area contributed by atoms with Gasteiger partial charge in [0.25, 0.3) is 0 Å². The van der Waals surface area contributed by atoms with E-state index in [1.54, 1.807) is 0 Å². The van der Waals surface area contributed by atoms with E-state index in [4.69, 9.17) is 0 Å². The van der Waals surface area contributed by atoms with Gasteiger partial charge >= 0.3 is 0 Å². The second-order valence-electron chi connectivity index (χ2n) is 5.12. The lowest BCUT2D eigenvalue weighted by molar-refractivity contribution is -0.133. The molecule has 3 rings (SSSR count). The van der Waals surface area contributed by atoms with Crippen molar-refractivity contribution in [2.75, 3.05) is 6.54 Å². The second-order valence-corrected chi connectivity index (χ2v) is 5.12. The monoisotopic (exact) mass is 309 g/mol. The van der Waals surface area contributed by atoms with Gasteiger partial charge < -0.3 is 10.0 Å². The molecule has 0 aliphatic carbocycles. The van der Waals surface area contributed by atoms with Crippen molar-refractivity contribution in [3.63, 3.8) is 0 Å². The highest BCUT2D eigenvalue weighted by atomic mass is 19.1. The van der Waals surface area contributed by atoms with Gasteiger partial charge in [-0.15, -0.1) is 5.10 Å². The molecule has 2 heterocycles. The van der Waals surface area contributed by atoms with E-state index in [9.17, 15) is 18.7 Å². The van der Waals surface area contributed by atoms with Crippen LogP contribution in [-0.2, 0) is 11.3 Å². The van der Waals surface area contributed by atoms with Gasteiger partial charge in [0, 0.05) is 12.1 Å². The van der Waals surface area contributed by atoms with E-state index < -0.39 is 23.8 Å². The predicted octanol–water partition coefficient (Wildman–Crippen LogP) is 0.286. The van der Waals surface area contributed by atoms with Crippen molar-refractivity contribution in [3.8, 4) is 0 Å². The maximum Gasteiger partial charge on any atom is 0.245 e. The summed E-state index contributed by atoms with van der Waals surface area (Å²) in [4.78, 5) is 13.6. The standard InChI is InChI=1S/C13H13F2N5O2/c14-8-1-2-11(15)10(3-8)12-4-9(21)5-20(12)13(22)6-19-7-16-17-18-19/h1-3,7,9,12,21H,4-6H2. The first kappa shape index (κ1) is 14.5. The van der Waals surface area contributed by atoms with Crippen LogP contribution in [0, 0.1) is 11.6 Å². The number of carbonyl (C=O) groups is 1. The van der Waals surface area contributed by atoms with Crippen LogP contribution >= 0.6 is 0 Å². The molecule has 1 fully saturated rings. The molecule has 116 valence electrons. The highest BCUT2D eigenvalue weighted by Crippen LogP contribution is 2.34. The highest BCUT2D eigenvalue weighted by Gasteiger charge is 2.36. The first-order valence-corrected chi connectivity index (χ1v) is 6.68. The lowest BCUT2D eigenvalue weighted by Crippen LogP contribution is -2.35. The number of aromatic nitrogens is 4. The molecule has 1 amide bonds. The number of halogens is 2. The van der Waals surface area contributed by atoms with Gasteiger partial charge in [0.05, 0.1) is 12.1 Å². The first-order valence-electron chi connectivity index (χ1n) is 6.68. The molecule has 7 nitrogen and oxygen atoms in total. The van der Waals surface area contributed by atoms with Crippen molar-refractivity contribution in [1.82, 2.24) is 25.1 Å². The van der Waals surface area contributed by atoms with Crippen LogP contribution in [0.1, 0.15) is 18.0 Å². The van der Waals surface area contributed by atoms with Crippen molar-refractivity contribution >= 4 is 5.91 Å². The lowest BCUT2D eigenvalue weighted by Gasteiger charge is -2.25. The molecule has 22 heavy (non-hydrogen) atoms. The minimum Gasteiger partial charge on any atom is -0.391 e. The van der Waals surface area contributed by atoms with Crippen molar-refractivity contribution in [2.24, 2.45) is 0 Å². The molecule has 0 bridgehead atoms. The number of carbonyl (C=O) groups excluding carboxylic acids is 1. The Labute approximate surface area is 124 Å². The maximum absolute atomic E-state index is 13.9. The second kappa shape index (κ2) is 5.76. The summed E-state index contributed by atoms with van der Waals surface area (Å²) < 4.78 is 28.5. The third-order valence-electron chi connectivity index (χ3n) is 3.61. The quantitative estimate of drug-likeness (QED) is 0.881. The first-order chi connectivity index (χ1) is 10.5. The Morgan fingerprint density at radius 1 is 1.41 bits per heavy atom. The van der Waals surface area contributed by atoms with Crippen LogP contribution < -0.4 is 0 Å². The lowest BCUT2D eigenvalue weighted by atomic mass is 10.0. The summed E-state index contributed by atoms with van der Waals surface area (Å²) in [5.41, 5.74) is 0.0571. The van der Waals surface area contributed by atoms with E-state index in [0.29, 0.717) is 0 Å². The normalized spacial score (nSPS) is 21.3. The summed E-state index contributed by atoms with van der Waals surface area (Å²) in [5.74, 6) is -1.58. The summed E-state index contributed by atoms with van der Waals surface area (Å²) in [6, 6.07) is 2.36. The summed E-state index contributed by atoms with van der Waals surface area (Å²) in [6.45, 7) is -0.0747. The number of aliphatic hydroxyl groups is 1. The summed E-state index contributed by atoms with van der Waals surface area (Å²) in [5, 5.41) is 20.2. The molecule has 0 radical (unpaired) electrons. The smallest absolute Gasteiger partial charge is 0.245 e. The summed E-state index contributed by atoms with van der Waals surface area (Å²) >= 11 is 0. The van der Waals surface area contributed by atoms with Gasteiger partial charge in [0.15, 0.2) is 0 Å². The molecule has 1 aliphatic heterocycles. The van der Waals surface area contributed by atoms with Gasteiger partial charge in [-0.1, -0.05) is 0 Å². The number of aliphatic hydroxyl groups excluding tert-OH is 1. The van der Waals surface area contributed by atoms with Crippen LogP contribution in [-0.4, -0.2) is 48.8 Å². The van der Waals surface area contributed by atoms with Gasteiger partial charge in [-0.05, 0) is 35.0 Å². The number of β-amino-alcohol motifs (C(OH)–C–C–N with tert-alkyl or cyclic N) is 1. The Morgan fingerprint density at radius 3 is 2.95 bits per heavy atom. The number of hydrogen-bond acceptors (Lipinski definition) is 5. The number of amides is 1. The molecular weight excluding hydrogens is 296 g/mol. The van der Waals surface area contributed by atoms with Crippen molar-refractivity contribution in [3.05, 3.63) is 41.7 Å². The molecule has 1 aliphatic rings. The fourth-order valence-corrected chi connectivity index (χ4v) is 2.64.